The molecule has 0 radical (unpaired) electrons. The summed E-state index contributed by atoms with van der Waals surface area (Å²) in [5.41, 5.74) is 2.20. The summed E-state index contributed by atoms with van der Waals surface area (Å²) in [6.45, 7) is 7.38. The standard InChI is InChI=1S/C25H35N3O3/c1-19(2)31-22-11-9-20(10-12-22)17-28-15-6-7-21(18-28)25(23-8-4-5-14-26-23)27-24(29)13-16-30-3/h4-5,8-12,14,19,21,25H,6-7,13,15-18H2,1-3H3,(H,27,29)/t21-,25-/m1/s1. The number of methoxy groups -OCH3 is 1. The maximum Gasteiger partial charge on any atom is 0.222 e. The van der Waals surface area contributed by atoms with Crippen LogP contribution in [0.4, 0.5) is 0 Å². The van der Waals surface area contributed by atoms with Gasteiger partial charge in [0.25, 0.3) is 0 Å². The number of nitrogens with one attached hydrogen (secondary N) is 1. The molecular weight excluding hydrogens is 390 g/mol. The molecule has 0 bridgehead atoms. The molecule has 6 nitrogen and oxygen atoms in total. The van der Waals surface area contributed by atoms with Crippen molar-refractivity contribution in [2.24, 2.45) is 5.92 Å². The Morgan fingerprint density at radius 3 is 2.71 bits per heavy atom. The maximum absolute atomic E-state index is 12.5. The number of amides is 1. The summed E-state index contributed by atoms with van der Waals surface area (Å²) >= 11 is 0. The monoisotopic (exact) mass is 425 g/mol. The van der Waals surface area contributed by atoms with E-state index in [2.05, 4.69) is 27.3 Å². The molecule has 31 heavy (non-hydrogen) atoms. The van der Waals surface area contributed by atoms with Crippen molar-refractivity contribution in [3.63, 3.8) is 0 Å². The van der Waals surface area contributed by atoms with Crippen LogP contribution >= 0.6 is 0 Å². The van der Waals surface area contributed by atoms with Crippen LogP contribution < -0.4 is 10.1 Å². The Balaban J connectivity index is 1.66. The van der Waals surface area contributed by atoms with Crippen LogP contribution in [0.1, 0.15) is 50.4 Å². The summed E-state index contributed by atoms with van der Waals surface area (Å²) in [5.74, 6) is 1.23. The number of hydrogen-bond donors (Lipinski definition) is 1. The van der Waals surface area contributed by atoms with Gasteiger partial charge in [-0.2, -0.15) is 0 Å². The lowest BCUT2D eigenvalue weighted by Crippen LogP contribution is -2.43. The van der Waals surface area contributed by atoms with Crippen LogP contribution in [0.15, 0.2) is 48.7 Å². The first-order valence-electron chi connectivity index (χ1n) is 11.2. The SMILES string of the molecule is COCCC(=O)N[C@@H](c1ccccn1)[C@@H]1CCCN(Cc2ccc(OC(C)C)cc2)C1. The van der Waals surface area contributed by atoms with Crippen molar-refractivity contribution < 1.29 is 14.3 Å². The highest BCUT2D eigenvalue weighted by molar-refractivity contribution is 5.76. The molecule has 3 rings (SSSR count). The van der Waals surface area contributed by atoms with Gasteiger partial charge in [-0.15, -0.1) is 0 Å². The second kappa shape index (κ2) is 11.8. The third-order valence-electron chi connectivity index (χ3n) is 5.57. The van der Waals surface area contributed by atoms with Gasteiger partial charge in [0.15, 0.2) is 0 Å². The predicted octanol–water partition coefficient (Wildman–Crippen LogP) is 3.97. The molecule has 1 aliphatic rings. The minimum absolute atomic E-state index is 0.00960. The number of ether oxygens (including phenoxy) is 2. The minimum atomic E-state index is -0.0878. The van der Waals surface area contributed by atoms with Gasteiger partial charge < -0.3 is 14.8 Å². The first kappa shape index (κ1) is 23.2. The Hall–Kier alpha value is -2.44. The molecule has 2 atom stereocenters. The van der Waals surface area contributed by atoms with E-state index in [1.807, 2.05) is 44.2 Å². The van der Waals surface area contributed by atoms with Crippen molar-refractivity contribution in [2.45, 2.75) is 51.8 Å². The van der Waals surface area contributed by atoms with E-state index < -0.39 is 0 Å². The zero-order valence-corrected chi connectivity index (χ0v) is 18.9. The Morgan fingerprint density at radius 2 is 2.03 bits per heavy atom. The van der Waals surface area contributed by atoms with Gasteiger partial charge in [0.05, 0.1) is 24.4 Å². The molecule has 168 valence electrons. The highest BCUT2D eigenvalue weighted by Crippen LogP contribution is 2.30. The summed E-state index contributed by atoms with van der Waals surface area (Å²) in [4.78, 5) is 19.5. The minimum Gasteiger partial charge on any atom is -0.491 e. The number of nitrogens with zero attached hydrogens (tertiary/aromatic N) is 2. The molecule has 1 aliphatic heterocycles. The quantitative estimate of drug-likeness (QED) is 0.624. The van der Waals surface area contributed by atoms with Crippen LogP contribution in [0.2, 0.25) is 0 Å². The third-order valence-corrected chi connectivity index (χ3v) is 5.57. The summed E-state index contributed by atoms with van der Waals surface area (Å²) in [6.07, 6.45) is 4.52. The molecule has 0 unspecified atom stereocenters. The molecule has 1 amide bonds. The van der Waals surface area contributed by atoms with Gasteiger partial charge in [0.2, 0.25) is 5.91 Å². The summed E-state index contributed by atoms with van der Waals surface area (Å²) in [6, 6.07) is 14.2. The van der Waals surface area contributed by atoms with Gasteiger partial charge in [-0.05, 0) is 69.0 Å². The van der Waals surface area contributed by atoms with Crippen LogP contribution in [0.3, 0.4) is 0 Å². The van der Waals surface area contributed by atoms with E-state index in [-0.39, 0.29) is 18.1 Å². The largest absolute Gasteiger partial charge is 0.491 e. The lowest BCUT2D eigenvalue weighted by Gasteiger charge is -2.37. The van der Waals surface area contributed by atoms with Gasteiger partial charge in [-0.3, -0.25) is 14.7 Å². The molecule has 0 spiro atoms. The third kappa shape index (κ3) is 7.33. The molecule has 2 aromatic rings. The zero-order chi connectivity index (χ0) is 22.1. The normalized spacial score (nSPS) is 18.0. The highest BCUT2D eigenvalue weighted by atomic mass is 16.5. The number of aromatic nitrogens is 1. The second-order valence-corrected chi connectivity index (χ2v) is 8.49. The molecule has 1 fully saturated rings. The number of piperidine rings is 1. The first-order valence-corrected chi connectivity index (χ1v) is 11.2. The number of carbonyl (C=O) groups is 1. The Morgan fingerprint density at radius 1 is 1.23 bits per heavy atom. The van der Waals surface area contributed by atoms with Gasteiger partial charge >= 0.3 is 0 Å². The van der Waals surface area contributed by atoms with Crippen molar-refractivity contribution in [3.8, 4) is 5.75 Å². The van der Waals surface area contributed by atoms with Crippen molar-refractivity contribution in [3.05, 3.63) is 59.9 Å². The molecule has 0 aliphatic carbocycles. The van der Waals surface area contributed by atoms with Crippen molar-refractivity contribution >= 4 is 5.91 Å². The van der Waals surface area contributed by atoms with Crippen molar-refractivity contribution in [2.75, 3.05) is 26.8 Å². The molecule has 6 heteroatoms. The average molecular weight is 426 g/mol. The topological polar surface area (TPSA) is 63.7 Å². The number of likely N-dealkylation sites (tertiary alicyclic amines) is 1. The zero-order valence-electron chi connectivity index (χ0n) is 18.9. The predicted molar refractivity (Wildman–Crippen MR) is 122 cm³/mol. The van der Waals surface area contributed by atoms with Gasteiger partial charge in [-0.1, -0.05) is 18.2 Å². The van der Waals surface area contributed by atoms with Gasteiger partial charge in [-0.25, -0.2) is 0 Å². The molecule has 1 aromatic carbocycles. The fourth-order valence-electron chi connectivity index (χ4n) is 4.14. The fourth-order valence-corrected chi connectivity index (χ4v) is 4.14. The Kier molecular flexibility index (Phi) is 8.85. The summed E-state index contributed by atoms with van der Waals surface area (Å²) < 4.78 is 10.8. The molecular formula is C25H35N3O3. The van der Waals surface area contributed by atoms with Crippen LogP contribution in [0, 0.1) is 5.92 Å². The van der Waals surface area contributed by atoms with Crippen molar-refractivity contribution in [1.82, 2.24) is 15.2 Å². The Bertz CT molecular complexity index is 795. The van der Waals surface area contributed by atoms with E-state index in [4.69, 9.17) is 9.47 Å². The lowest BCUT2D eigenvalue weighted by atomic mass is 9.88. The number of hydrogen-bond acceptors (Lipinski definition) is 5. The first-order chi connectivity index (χ1) is 15.0. The van der Waals surface area contributed by atoms with Crippen molar-refractivity contribution in [1.29, 1.82) is 0 Å². The maximum atomic E-state index is 12.5. The highest BCUT2D eigenvalue weighted by Gasteiger charge is 2.30. The smallest absolute Gasteiger partial charge is 0.222 e. The summed E-state index contributed by atoms with van der Waals surface area (Å²) in [7, 11) is 1.62. The average Bonchev–Trinajstić information content (AvgIpc) is 2.78. The number of carbonyl (C=O) groups excluding carboxylic acids is 1. The van der Waals surface area contributed by atoms with E-state index in [0.29, 0.717) is 18.9 Å². The molecule has 1 saturated heterocycles. The molecule has 2 heterocycles. The van der Waals surface area contributed by atoms with Crippen LogP contribution in [0.5, 0.6) is 5.75 Å². The molecule has 1 N–H and O–H groups in total. The lowest BCUT2D eigenvalue weighted by molar-refractivity contribution is -0.123. The van der Waals surface area contributed by atoms with E-state index in [0.717, 1.165) is 43.9 Å². The van der Waals surface area contributed by atoms with Gasteiger partial charge in [0.1, 0.15) is 5.75 Å². The number of rotatable bonds is 10. The molecule has 1 aromatic heterocycles. The summed E-state index contributed by atoms with van der Waals surface area (Å²) in [5, 5.41) is 3.22. The van der Waals surface area contributed by atoms with Gasteiger partial charge in [0, 0.05) is 32.8 Å². The number of pyridine rings is 1. The fraction of sp³-hybridized carbons (Fsp3) is 0.520. The van der Waals surface area contributed by atoms with Crippen LogP contribution in [0.25, 0.3) is 0 Å². The van der Waals surface area contributed by atoms with Crippen LogP contribution in [-0.2, 0) is 16.1 Å². The van der Waals surface area contributed by atoms with E-state index in [1.165, 1.54) is 5.56 Å². The number of benzene rings is 1. The van der Waals surface area contributed by atoms with Crippen LogP contribution in [-0.4, -0.2) is 48.7 Å². The molecule has 0 saturated carbocycles. The van der Waals surface area contributed by atoms with E-state index in [1.54, 1.807) is 13.3 Å². The Labute approximate surface area is 186 Å². The van der Waals surface area contributed by atoms with E-state index in [9.17, 15) is 4.79 Å². The van der Waals surface area contributed by atoms with E-state index >= 15 is 0 Å². The second-order valence-electron chi connectivity index (χ2n) is 8.49.